The monoisotopic (exact) mass is 197 g/mol. The highest BCUT2D eigenvalue weighted by atomic mass is 79.9. The zero-order valence-corrected chi connectivity index (χ0v) is 7.08. The van der Waals surface area contributed by atoms with Crippen molar-refractivity contribution < 1.29 is 0 Å². The highest BCUT2D eigenvalue weighted by Gasteiger charge is 2.35. The molecule has 2 heteroatoms. The van der Waals surface area contributed by atoms with Gasteiger partial charge < -0.3 is 0 Å². The summed E-state index contributed by atoms with van der Waals surface area (Å²) in [6, 6.07) is 4.13. The quantitative estimate of drug-likeness (QED) is 0.631. The van der Waals surface area contributed by atoms with E-state index in [4.69, 9.17) is 0 Å². The Bertz CT molecular complexity index is 222. The fourth-order valence-corrected chi connectivity index (χ4v) is 1.81. The Kier molecular flexibility index (Phi) is 1.49. The highest BCUT2D eigenvalue weighted by Crippen LogP contribution is 2.45. The van der Waals surface area contributed by atoms with Gasteiger partial charge in [0.2, 0.25) is 0 Å². The topological polar surface area (TPSA) is 12.9 Å². The standard InChI is InChI=1S/C8H8BrN/c9-8-4-7(8)6-2-1-3-10-5-6/h1-3,5,7-8H,4H2. The average molecular weight is 198 g/mol. The van der Waals surface area contributed by atoms with Gasteiger partial charge in [-0.25, -0.2) is 0 Å². The van der Waals surface area contributed by atoms with Gasteiger partial charge in [0.1, 0.15) is 0 Å². The molecule has 2 atom stereocenters. The molecule has 0 saturated heterocycles. The molecule has 2 rings (SSSR count). The number of aromatic nitrogens is 1. The molecule has 10 heavy (non-hydrogen) atoms. The minimum Gasteiger partial charge on any atom is -0.264 e. The van der Waals surface area contributed by atoms with Crippen LogP contribution < -0.4 is 0 Å². The molecule has 0 aliphatic heterocycles. The molecule has 2 unspecified atom stereocenters. The molecular formula is C8H8BrN. The Hall–Kier alpha value is -0.370. The Labute approximate surface area is 68.6 Å². The molecule has 1 aliphatic carbocycles. The normalized spacial score (nSPS) is 30.1. The van der Waals surface area contributed by atoms with E-state index in [2.05, 4.69) is 27.0 Å². The molecule has 1 saturated carbocycles. The Morgan fingerprint density at radius 2 is 2.40 bits per heavy atom. The van der Waals surface area contributed by atoms with Crippen LogP contribution in [0.4, 0.5) is 0 Å². The molecule has 0 aromatic carbocycles. The van der Waals surface area contributed by atoms with Gasteiger partial charge in [-0.1, -0.05) is 22.0 Å². The van der Waals surface area contributed by atoms with E-state index in [-0.39, 0.29) is 0 Å². The molecule has 0 radical (unpaired) electrons. The molecule has 0 spiro atoms. The summed E-state index contributed by atoms with van der Waals surface area (Å²) in [6.07, 6.45) is 5.03. The lowest BCUT2D eigenvalue weighted by molar-refractivity contribution is 1.10. The third-order valence-corrected chi connectivity index (χ3v) is 2.84. The number of halogens is 1. The molecule has 1 fully saturated rings. The SMILES string of the molecule is BrC1CC1c1cccnc1. The zero-order valence-electron chi connectivity index (χ0n) is 5.50. The third-order valence-electron chi connectivity index (χ3n) is 1.83. The van der Waals surface area contributed by atoms with Crippen LogP contribution in [0.2, 0.25) is 0 Å². The van der Waals surface area contributed by atoms with Gasteiger partial charge in [0.15, 0.2) is 0 Å². The van der Waals surface area contributed by atoms with Crippen LogP contribution in [-0.2, 0) is 0 Å². The van der Waals surface area contributed by atoms with Crippen LogP contribution in [0.3, 0.4) is 0 Å². The van der Waals surface area contributed by atoms with Crippen LogP contribution in [0.5, 0.6) is 0 Å². The maximum atomic E-state index is 4.06. The van der Waals surface area contributed by atoms with Crippen LogP contribution in [-0.4, -0.2) is 9.81 Å². The van der Waals surface area contributed by atoms with Crippen LogP contribution in [0.25, 0.3) is 0 Å². The van der Waals surface area contributed by atoms with Gasteiger partial charge in [-0.15, -0.1) is 0 Å². The Morgan fingerprint density at radius 3 is 2.90 bits per heavy atom. The Balaban J connectivity index is 2.20. The molecule has 0 bridgehead atoms. The summed E-state index contributed by atoms with van der Waals surface area (Å²) in [7, 11) is 0. The number of hydrogen-bond donors (Lipinski definition) is 0. The highest BCUT2D eigenvalue weighted by molar-refractivity contribution is 9.09. The van der Waals surface area contributed by atoms with E-state index in [1.165, 1.54) is 12.0 Å². The molecule has 1 aliphatic rings. The second kappa shape index (κ2) is 2.35. The zero-order chi connectivity index (χ0) is 6.97. The average Bonchev–Trinajstić information content (AvgIpc) is 2.69. The molecule has 0 amide bonds. The summed E-state index contributed by atoms with van der Waals surface area (Å²) in [5, 5.41) is 0. The van der Waals surface area contributed by atoms with Crippen LogP contribution in [0.15, 0.2) is 24.5 Å². The Morgan fingerprint density at radius 1 is 1.60 bits per heavy atom. The van der Waals surface area contributed by atoms with Crippen molar-refractivity contribution in [1.29, 1.82) is 0 Å². The third kappa shape index (κ3) is 1.08. The molecule has 1 aromatic heterocycles. The van der Waals surface area contributed by atoms with Crippen LogP contribution >= 0.6 is 15.9 Å². The summed E-state index contributed by atoms with van der Waals surface area (Å²) in [6.45, 7) is 0. The van der Waals surface area contributed by atoms with Gasteiger partial charge in [0.25, 0.3) is 0 Å². The van der Waals surface area contributed by atoms with E-state index < -0.39 is 0 Å². The fraction of sp³-hybridized carbons (Fsp3) is 0.375. The van der Waals surface area contributed by atoms with E-state index in [1.807, 2.05) is 18.5 Å². The van der Waals surface area contributed by atoms with E-state index >= 15 is 0 Å². The number of nitrogens with zero attached hydrogens (tertiary/aromatic N) is 1. The molecule has 1 aromatic rings. The van der Waals surface area contributed by atoms with Crippen LogP contribution in [0.1, 0.15) is 17.9 Å². The van der Waals surface area contributed by atoms with Crippen molar-refractivity contribution >= 4 is 15.9 Å². The van der Waals surface area contributed by atoms with Crippen LogP contribution in [0, 0.1) is 0 Å². The summed E-state index contributed by atoms with van der Waals surface area (Å²) in [5.74, 6) is 0.730. The molecule has 52 valence electrons. The molecule has 0 N–H and O–H groups in total. The number of alkyl halides is 1. The van der Waals surface area contributed by atoms with Gasteiger partial charge in [0.05, 0.1) is 0 Å². The largest absolute Gasteiger partial charge is 0.264 e. The molecular weight excluding hydrogens is 190 g/mol. The minimum atomic E-state index is 0.705. The van der Waals surface area contributed by atoms with Gasteiger partial charge in [-0.2, -0.15) is 0 Å². The minimum absolute atomic E-state index is 0.705. The van der Waals surface area contributed by atoms with E-state index in [9.17, 15) is 0 Å². The van der Waals surface area contributed by atoms with Gasteiger partial charge in [-0.3, -0.25) is 4.98 Å². The number of hydrogen-bond acceptors (Lipinski definition) is 1. The molecule has 1 heterocycles. The van der Waals surface area contributed by atoms with Crippen molar-refractivity contribution in [1.82, 2.24) is 4.98 Å². The first-order chi connectivity index (χ1) is 4.88. The summed E-state index contributed by atoms with van der Waals surface area (Å²) < 4.78 is 0. The maximum absolute atomic E-state index is 4.06. The lowest BCUT2D eigenvalue weighted by atomic mass is 10.2. The summed E-state index contributed by atoms with van der Waals surface area (Å²) in [4.78, 5) is 4.76. The lowest BCUT2D eigenvalue weighted by Crippen LogP contribution is -1.81. The first kappa shape index (κ1) is 6.35. The van der Waals surface area contributed by atoms with Crippen molar-refractivity contribution in [2.75, 3.05) is 0 Å². The number of rotatable bonds is 1. The predicted molar refractivity (Wildman–Crippen MR) is 44.3 cm³/mol. The van der Waals surface area contributed by atoms with E-state index in [1.54, 1.807) is 0 Å². The van der Waals surface area contributed by atoms with Gasteiger partial charge in [0, 0.05) is 17.2 Å². The summed E-state index contributed by atoms with van der Waals surface area (Å²) in [5.41, 5.74) is 1.37. The predicted octanol–water partition coefficient (Wildman–Crippen LogP) is 2.33. The second-order valence-corrected chi connectivity index (χ2v) is 3.82. The summed E-state index contributed by atoms with van der Waals surface area (Å²) >= 11 is 3.56. The fourth-order valence-electron chi connectivity index (χ4n) is 1.10. The first-order valence-corrected chi connectivity index (χ1v) is 4.33. The van der Waals surface area contributed by atoms with E-state index in [0.717, 1.165) is 5.92 Å². The number of pyridine rings is 1. The van der Waals surface area contributed by atoms with Crippen molar-refractivity contribution in [2.24, 2.45) is 0 Å². The smallest absolute Gasteiger partial charge is 0.0303 e. The van der Waals surface area contributed by atoms with E-state index in [0.29, 0.717) is 4.83 Å². The lowest BCUT2D eigenvalue weighted by Gasteiger charge is -1.93. The van der Waals surface area contributed by atoms with Crippen molar-refractivity contribution in [3.63, 3.8) is 0 Å². The second-order valence-electron chi connectivity index (χ2n) is 2.64. The maximum Gasteiger partial charge on any atom is 0.0303 e. The van der Waals surface area contributed by atoms with Crippen molar-refractivity contribution in [3.05, 3.63) is 30.1 Å². The first-order valence-electron chi connectivity index (χ1n) is 3.42. The molecule has 1 nitrogen and oxygen atoms in total. The van der Waals surface area contributed by atoms with Crippen molar-refractivity contribution in [3.8, 4) is 0 Å². The van der Waals surface area contributed by atoms with Gasteiger partial charge in [-0.05, 0) is 24.0 Å². The van der Waals surface area contributed by atoms with Crippen molar-refractivity contribution in [2.45, 2.75) is 17.2 Å². The van der Waals surface area contributed by atoms with Gasteiger partial charge >= 0.3 is 0 Å².